The van der Waals surface area contributed by atoms with E-state index >= 15 is 0 Å². The third-order valence-electron chi connectivity index (χ3n) is 2.54. The number of hydrogen-bond acceptors (Lipinski definition) is 3. The van der Waals surface area contributed by atoms with Crippen LogP contribution < -0.4 is 10.6 Å². The van der Waals surface area contributed by atoms with Crippen molar-refractivity contribution in [1.82, 2.24) is 5.32 Å². The standard InChI is InChI=1S/C12H13ClN2O2S/c1-17-11(16)9-6-8(4-5-10(9)13)15-12(18)14-7-2-3-7/h4-7H,2-3H2,1H3,(H2,14,15,18). The summed E-state index contributed by atoms with van der Waals surface area (Å²) < 4.78 is 4.65. The number of hydrogen-bond donors (Lipinski definition) is 2. The van der Waals surface area contributed by atoms with E-state index in [1.807, 2.05) is 0 Å². The largest absolute Gasteiger partial charge is 0.465 e. The molecular weight excluding hydrogens is 272 g/mol. The van der Waals surface area contributed by atoms with Crippen LogP contribution in [-0.4, -0.2) is 24.2 Å². The molecule has 1 fully saturated rings. The van der Waals surface area contributed by atoms with Gasteiger partial charge < -0.3 is 15.4 Å². The molecule has 0 saturated heterocycles. The molecule has 1 aromatic carbocycles. The van der Waals surface area contributed by atoms with Crippen molar-refractivity contribution < 1.29 is 9.53 Å². The van der Waals surface area contributed by atoms with Crippen molar-refractivity contribution in [3.63, 3.8) is 0 Å². The molecule has 2 N–H and O–H groups in total. The van der Waals surface area contributed by atoms with E-state index in [9.17, 15) is 4.79 Å². The molecule has 1 aromatic rings. The molecule has 4 nitrogen and oxygen atoms in total. The minimum atomic E-state index is -0.468. The van der Waals surface area contributed by atoms with Gasteiger partial charge >= 0.3 is 5.97 Å². The van der Waals surface area contributed by atoms with Gasteiger partial charge in [0.05, 0.1) is 17.7 Å². The van der Waals surface area contributed by atoms with Crippen LogP contribution >= 0.6 is 23.8 Å². The molecule has 18 heavy (non-hydrogen) atoms. The van der Waals surface area contributed by atoms with Gasteiger partial charge in [-0.15, -0.1) is 0 Å². The molecule has 1 saturated carbocycles. The van der Waals surface area contributed by atoms with Gasteiger partial charge in [-0.2, -0.15) is 0 Å². The first-order valence-corrected chi connectivity index (χ1v) is 6.34. The topological polar surface area (TPSA) is 50.4 Å². The second kappa shape index (κ2) is 5.54. The molecule has 0 atom stereocenters. The fourth-order valence-electron chi connectivity index (χ4n) is 1.45. The quantitative estimate of drug-likeness (QED) is 0.660. The van der Waals surface area contributed by atoms with Gasteiger partial charge in [-0.1, -0.05) is 11.6 Å². The first-order valence-electron chi connectivity index (χ1n) is 5.55. The van der Waals surface area contributed by atoms with Crippen LogP contribution in [0.3, 0.4) is 0 Å². The first-order chi connectivity index (χ1) is 8.60. The van der Waals surface area contributed by atoms with Crippen molar-refractivity contribution in [3.8, 4) is 0 Å². The molecule has 6 heteroatoms. The van der Waals surface area contributed by atoms with Gasteiger partial charge in [-0.25, -0.2) is 4.79 Å². The summed E-state index contributed by atoms with van der Waals surface area (Å²) in [5.41, 5.74) is 1.02. The van der Waals surface area contributed by atoms with Crippen molar-refractivity contribution in [2.75, 3.05) is 12.4 Å². The molecule has 2 rings (SSSR count). The van der Waals surface area contributed by atoms with Gasteiger partial charge in [0.25, 0.3) is 0 Å². The monoisotopic (exact) mass is 284 g/mol. The lowest BCUT2D eigenvalue weighted by atomic mass is 10.2. The fraction of sp³-hybridized carbons (Fsp3) is 0.333. The summed E-state index contributed by atoms with van der Waals surface area (Å²) in [5.74, 6) is -0.468. The van der Waals surface area contributed by atoms with E-state index in [2.05, 4.69) is 15.4 Å². The maximum Gasteiger partial charge on any atom is 0.339 e. The van der Waals surface area contributed by atoms with Crippen LogP contribution in [0.25, 0.3) is 0 Å². The second-order valence-corrected chi connectivity index (χ2v) is 4.87. The minimum absolute atomic E-state index is 0.318. The van der Waals surface area contributed by atoms with Gasteiger partial charge in [-0.05, 0) is 43.3 Å². The Labute approximate surface area is 116 Å². The van der Waals surface area contributed by atoms with Gasteiger partial charge in [0, 0.05) is 11.7 Å². The number of nitrogens with one attached hydrogen (secondary N) is 2. The third kappa shape index (κ3) is 3.34. The zero-order valence-electron chi connectivity index (χ0n) is 9.83. The van der Waals surface area contributed by atoms with E-state index < -0.39 is 5.97 Å². The molecule has 0 unspecified atom stereocenters. The molecule has 1 aliphatic carbocycles. The Kier molecular flexibility index (Phi) is 4.04. The van der Waals surface area contributed by atoms with E-state index in [-0.39, 0.29) is 0 Å². The number of esters is 1. The van der Waals surface area contributed by atoms with Crippen LogP contribution in [0, 0.1) is 0 Å². The Hall–Kier alpha value is -1.33. The lowest BCUT2D eigenvalue weighted by Crippen LogP contribution is -2.30. The van der Waals surface area contributed by atoms with Crippen molar-refractivity contribution in [1.29, 1.82) is 0 Å². The highest BCUT2D eigenvalue weighted by Gasteiger charge is 2.21. The number of methoxy groups -OCH3 is 1. The Balaban J connectivity index is 2.08. The average molecular weight is 285 g/mol. The number of halogens is 1. The first kappa shape index (κ1) is 13.1. The summed E-state index contributed by atoms with van der Waals surface area (Å²) in [6.07, 6.45) is 2.30. The van der Waals surface area contributed by atoms with E-state index in [4.69, 9.17) is 23.8 Å². The molecule has 0 bridgehead atoms. The van der Waals surface area contributed by atoms with Crippen molar-refractivity contribution in [3.05, 3.63) is 28.8 Å². The summed E-state index contributed by atoms with van der Waals surface area (Å²) in [6.45, 7) is 0. The molecule has 0 aliphatic heterocycles. The zero-order valence-corrected chi connectivity index (χ0v) is 11.4. The molecule has 96 valence electrons. The highest BCUT2D eigenvalue weighted by Crippen LogP contribution is 2.22. The highest BCUT2D eigenvalue weighted by atomic mass is 35.5. The Bertz CT molecular complexity index is 489. The fourth-order valence-corrected chi connectivity index (χ4v) is 1.93. The number of rotatable bonds is 3. The summed E-state index contributed by atoms with van der Waals surface area (Å²) in [6, 6.07) is 5.50. The van der Waals surface area contributed by atoms with E-state index in [0.717, 1.165) is 12.8 Å². The zero-order chi connectivity index (χ0) is 13.1. The Morgan fingerprint density at radius 3 is 2.83 bits per heavy atom. The van der Waals surface area contributed by atoms with Crippen LogP contribution in [0.4, 0.5) is 5.69 Å². The van der Waals surface area contributed by atoms with Crippen molar-refractivity contribution in [2.24, 2.45) is 0 Å². The van der Waals surface area contributed by atoms with E-state index in [1.54, 1.807) is 18.2 Å². The summed E-state index contributed by atoms with van der Waals surface area (Å²) in [4.78, 5) is 11.5. The molecule has 0 radical (unpaired) electrons. The summed E-state index contributed by atoms with van der Waals surface area (Å²) in [5, 5.41) is 7.07. The summed E-state index contributed by atoms with van der Waals surface area (Å²) >= 11 is 11.1. The minimum Gasteiger partial charge on any atom is -0.465 e. The predicted octanol–water partition coefficient (Wildman–Crippen LogP) is 2.58. The lowest BCUT2D eigenvalue weighted by Gasteiger charge is -2.11. The number of carbonyl (C=O) groups is 1. The third-order valence-corrected chi connectivity index (χ3v) is 3.09. The maximum atomic E-state index is 11.5. The number of thiocarbonyl (C=S) groups is 1. The van der Waals surface area contributed by atoms with Crippen molar-refractivity contribution in [2.45, 2.75) is 18.9 Å². The highest BCUT2D eigenvalue weighted by molar-refractivity contribution is 7.80. The second-order valence-electron chi connectivity index (χ2n) is 4.06. The summed E-state index contributed by atoms with van der Waals surface area (Å²) in [7, 11) is 1.32. The average Bonchev–Trinajstić information content (AvgIpc) is 3.14. The maximum absolute atomic E-state index is 11.5. The SMILES string of the molecule is COC(=O)c1cc(NC(=S)NC2CC2)ccc1Cl. The van der Waals surface area contributed by atoms with Crippen LogP contribution in [0.5, 0.6) is 0 Å². The van der Waals surface area contributed by atoms with E-state index in [1.165, 1.54) is 7.11 Å². The number of anilines is 1. The molecule has 1 aliphatic rings. The van der Waals surface area contributed by atoms with Crippen LogP contribution in [0.2, 0.25) is 5.02 Å². The van der Waals surface area contributed by atoms with Crippen LogP contribution in [0.15, 0.2) is 18.2 Å². The van der Waals surface area contributed by atoms with Gasteiger partial charge in [0.2, 0.25) is 0 Å². The van der Waals surface area contributed by atoms with Gasteiger partial charge in [-0.3, -0.25) is 0 Å². The van der Waals surface area contributed by atoms with Crippen molar-refractivity contribution >= 4 is 40.6 Å². The molecular formula is C12H13ClN2O2S. The van der Waals surface area contributed by atoms with Gasteiger partial charge in [0.15, 0.2) is 5.11 Å². The molecule has 0 spiro atoms. The molecule has 0 aromatic heterocycles. The number of ether oxygens (including phenoxy) is 1. The normalized spacial score (nSPS) is 13.9. The van der Waals surface area contributed by atoms with E-state index in [0.29, 0.717) is 27.4 Å². The molecule has 0 heterocycles. The molecule has 0 amide bonds. The Morgan fingerprint density at radius 1 is 1.50 bits per heavy atom. The predicted molar refractivity (Wildman–Crippen MR) is 75.2 cm³/mol. The number of carbonyl (C=O) groups excluding carboxylic acids is 1. The lowest BCUT2D eigenvalue weighted by molar-refractivity contribution is 0.0601. The van der Waals surface area contributed by atoms with Crippen LogP contribution in [0.1, 0.15) is 23.2 Å². The van der Waals surface area contributed by atoms with Crippen LogP contribution in [-0.2, 0) is 4.74 Å². The Morgan fingerprint density at radius 2 is 2.22 bits per heavy atom. The number of benzene rings is 1. The smallest absolute Gasteiger partial charge is 0.339 e. The van der Waals surface area contributed by atoms with Gasteiger partial charge in [0.1, 0.15) is 0 Å².